The summed E-state index contributed by atoms with van der Waals surface area (Å²) >= 11 is 0. The Balaban J connectivity index is 2.14. The second kappa shape index (κ2) is 4.67. The first-order chi connectivity index (χ1) is 9.61. The van der Waals surface area contributed by atoms with Gasteiger partial charge in [0.15, 0.2) is 5.69 Å². The largest absolute Gasteiger partial charge is 0.508 e. The Morgan fingerprint density at radius 2 is 2.25 bits per heavy atom. The summed E-state index contributed by atoms with van der Waals surface area (Å²) in [5.41, 5.74) is 4.38. The van der Waals surface area contributed by atoms with Crippen LogP contribution in [0, 0.1) is 0 Å². The number of rotatable bonds is 2. The van der Waals surface area contributed by atoms with Gasteiger partial charge in [0.05, 0.1) is 12.3 Å². The van der Waals surface area contributed by atoms with Crippen molar-refractivity contribution >= 4 is 5.97 Å². The molecule has 0 unspecified atom stereocenters. The second-order valence-corrected chi connectivity index (χ2v) is 4.86. The molecule has 0 amide bonds. The van der Waals surface area contributed by atoms with Gasteiger partial charge in [-0.1, -0.05) is 0 Å². The van der Waals surface area contributed by atoms with Gasteiger partial charge in [-0.05, 0) is 43.5 Å². The van der Waals surface area contributed by atoms with Crippen molar-refractivity contribution in [1.82, 2.24) is 9.78 Å². The van der Waals surface area contributed by atoms with Crippen LogP contribution in [0.4, 0.5) is 0 Å². The number of phenolic OH excluding ortho intramolecular Hbond substituents is 1. The lowest BCUT2D eigenvalue weighted by Crippen LogP contribution is -2.10. The Hall–Kier alpha value is -2.30. The molecule has 1 heterocycles. The van der Waals surface area contributed by atoms with Crippen molar-refractivity contribution in [3.05, 3.63) is 35.0 Å². The number of esters is 1. The fourth-order valence-electron chi connectivity index (χ4n) is 2.78. The number of fused-ring (bicyclic) bond motifs is 3. The van der Waals surface area contributed by atoms with E-state index < -0.39 is 0 Å². The van der Waals surface area contributed by atoms with Crippen molar-refractivity contribution in [1.29, 1.82) is 0 Å². The van der Waals surface area contributed by atoms with Crippen LogP contribution in [0.5, 0.6) is 5.75 Å². The maximum atomic E-state index is 12.0. The zero-order valence-corrected chi connectivity index (χ0v) is 11.5. The van der Waals surface area contributed by atoms with Crippen LogP contribution in [0.3, 0.4) is 0 Å². The molecule has 0 saturated heterocycles. The Morgan fingerprint density at radius 3 is 3.00 bits per heavy atom. The van der Waals surface area contributed by atoms with Gasteiger partial charge >= 0.3 is 5.97 Å². The van der Waals surface area contributed by atoms with E-state index in [-0.39, 0.29) is 11.7 Å². The number of phenols is 1. The van der Waals surface area contributed by atoms with Gasteiger partial charge in [0.1, 0.15) is 5.75 Å². The number of aryl methyl sites for hydroxylation is 2. The van der Waals surface area contributed by atoms with E-state index in [2.05, 4.69) is 5.10 Å². The van der Waals surface area contributed by atoms with E-state index in [1.807, 2.05) is 13.1 Å². The maximum Gasteiger partial charge on any atom is 0.359 e. The minimum atomic E-state index is -0.369. The topological polar surface area (TPSA) is 64.3 Å². The molecule has 1 aromatic carbocycles. The highest BCUT2D eigenvalue weighted by atomic mass is 16.5. The predicted molar refractivity (Wildman–Crippen MR) is 73.7 cm³/mol. The molecule has 20 heavy (non-hydrogen) atoms. The minimum Gasteiger partial charge on any atom is -0.508 e. The number of ether oxygens (including phenoxy) is 1. The third-order valence-corrected chi connectivity index (χ3v) is 3.60. The van der Waals surface area contributed by atoms with Gasteiger partial charge in [0.25, 0.3) is 0 Å². The highest BCUT2D eigenvalue weighted by Gasteiger charge is 2.27. The molecule has 2 aromatic rings. The van der Waals surface area contributed by atoms with Gasteiger partial charge < -0.3 is 9.84 Å². The van der Waals surface area contributed by atoms with Gasteiger partial charge in [-0.2, -0.15) is 5.10 Å². The molecule has 0 fully saturated rings. The van der Waals surface area contributed by atoms with Crippen LogP contribution >= 0.6 is 0 Å². The van der Waals surface area contributed by atoms with Crippen molar-refractivity contribution < 1.29 is 14.6 Å². The first-order valence-electron chi connectivity index (χ1n) is 6.67. The normalized spacial score (nSPS) is 12.7. The van der Waals surface area contributed by atoms with Crippen LogP contribution in [0.25, 0.3) is 11.3 Å². The molecule has 0 bridgehead atoms. The number of nitrogens with zero attached hydrogens (tertiary/aromatic N) is 2. The maximum absolute atomic E-state index is 12.0. The van der Waals surface area contributed by atoms with E-state index in [0.717, 1.165) is 35.2 Å². The highest BCUT2D eigenvalue weighted by Crippen LogP contribution is 2.36. The van der Waals surface area contributed by atoms with Crippen molar-refractivity contribution in [3.8, 4) is 17.0 Å². The van der Waals surface area contributed by atoms with E-state index in [1.54, 1.807) is 23.7 Å². The summed E-state index contributed by atoms with van der Waals surface area (Å²) in [5.74, 6) is -0.105. The molecule has 0 aliphatic heterocycles. The summed E-state index contributed by atoms with van der Waals surface area (Å²) in [5, 5.41) is 13.9. The Morgan fingerprint density at radius 1 is 1.45 bits per heavy atom. The van der Waals surface area contributed by atoms with Gasteiger partial charge in [0, 0.05) is 18.2 Å². The molecular weight excluding hydrogens is 256 g/mol. The molecule has 3 rings (SSSR count). The fourth-order valence-corrected chi connectivity index (χ4v) is 2.78. The van der Waals surface area contributed by atoms with Crippen molar-refractivity contribution in [2.75, 3.05) is 6.61 Å². The minimum absolute atomic E-state index is 0.264. The second-order valence-electron chi connectivity index (χ2n) is 4.86. The third-order valence-electron chi connectivity index (χ3n) is 3.60. The van der Waals surface area contributed by atoms with Crippen LogP contribution < -0.4 is 0 Å². The average Bonchev–Trinajstić information content (AvgIpc) is 2.76. The van der Waals surface area contributed by atoms with Gasteiger partial charge in [-0.3, -0.25) is 4.68 Å². The molecule has 0 spiro atoms. The summed E-state index contributed by atoms with van der Waals surface area (Å²) < 4.78 is 6.78. The van der Waals surface area contributed by atoms with E-state index in [9.17, 15) is 9.90 Å². The number of aromatic hydroxyl groups is 1. The number of hydrogen-bond acceptors (Lipinski definition) is 4. The fraction of sp³-hybridized carbons (Fsp3) is 0.333. The SMILES string of the molecule is CCOC(=O)c1nn(C)c2c1CCc1cc(O)ccc1-2. The smallest absolute Gasteiger partial charge is 0.359 e. The lowest BCUT2D eigenvalue weighted by molar-refractivity contribution is 0.0517. The lowest BCUT2D eigenvalue weighted by atomic mass is 9.88. The van der Waals surface area contributed by atoms with E-state index in [1.165, 1.54) is 0 Å². The Bertz CT molecular complexity index is 689. The molecule has 1 N–H and O–H groups in total. The molecule has 1 aliphatic rings. The summed E-state index contributed by atoms with van der Waals surface area (Å²) in [6.07, 6.45) is 1.52. The van der Waals surface area contributed by atoms with Gasteiger partial charge in [-0.25, -0.2) is 4.79 Å². The number of carbonyl (C=O) groups is 1. The molecule has 0 radical (unpaired) electrons. The summed E-state index contributed by atoms with van der Waals surface area (Å²) in [6, 6.07) is 5.31. The Kier molecular flexibility index (Phi) is 2.97. The third kappa shape index (κ3) is 1.86. The molecular formula is C15H16N2O3. The van der Waals surface area contributed by atoms with E-state index >= 15 is 0 Å². The monoisotopic (exact) mass is 272 g/mol. The molecule has 0 atom stereocenters. The van der Waals surface area contributed by atoms with Crippen LogP contribution in [-0.2, 0) is 24.6 Å². The number of hydrogen-bond donors (Lipinski definition) is 1. The Labute approximate surface area is 116 Å². The van der Waals surface area contributed by atoms with Gasteiger partial charge in [0.2, 0.25) is 0 Å². The molecule has 0 saturated carbocycles. The quantitative estimate of drug-likeness (QED) is 0.850. The van der Waals surface area contributed by atoms with E-state index in [0.29, 0.717) is 12.3 Å². The zero-order valence-electron chi connectivity index (χ0n) is 11.5. The van der Waals surface area contributed by atoms with Crippen LogP contribution in [0.15, 0.2) is 18.2 Å². The summed E-state index contributed by atoms with van der Waals surface area (Å²) in [4.78, 5) is 12.0. The van der Waals surface area contributed by atoms with Crippen LogP contribution in [-0.4, -0.2) is 27.5 Å². The zero-order chi connectivity index (χ0) is 14.3. The van der Waals surface area contributed by atoms with Crippen LogP contribution in [0.1, 0.15) is 28.5 Å². The summed E-state index contributed by atoms with van der Waals surface area (Å²) in [7, 11) is 1.82. The summed E-state index contributed by atoms with van der Waals surface area (Å²) in [6.45, 7) is 2.13. The molecule has 1 aromatic heterocycles. The molecule has 5 heteroatoms. The standard InChI is InChI=1S/C15H16N2O3/c1-3-20-15(19)13-12-6-4-9-8-10(18)5-7-11(9)14(12)17(2)16-13/h5,7-8,18H,3-4,6H2,1-2H3. The first-order valence-corrected chi connectivity index (χ1v) is 6.67. The molecule has 5 nitrogen and oxygen atoms in total. The predicted octanol–water partition coefficient (Wildman–Crippen LogP) is 2.07. The molecule has 104 valence electrons. The molecule has 1 aliphatic carbocycles. The van der Waals surface area contributed by atoms with Crippen molar-refractivity contribution in [2.24, 2.45) is 7.05 Å². The van der Waals surface area contributed by atoms with Crippen molar-refractivity contribution in [3.63, 3.8) is 0 Å². The van der Waals surface area contributed by atoms with Crippen LogP contribution in [0.2, 0.25) is 0 Å². The van der Waals surface area contributed by atoms with E-state index in [4.69, 9.17) is 4.74 Å². The number of aromatic nitrogens is 2. The lowest BCUT2D eigenvalue weighted by Gasteiger charge is -2.17. The average molecular weight is 272 g/mol. The van der Waals surface area contributed by atoms with Crippen molar-refractivity contribution in [2.45, 2.75) is 19.8 Å². The highest BCUT2D eigenvalue weighted by molar-refractivity contribution is 5.92. The number of benzene rings is 1. The van der Waals surface area contributed by atoms with Gasteiger partial charge in [-0.15, -0.1) is 0 Å². The number of carbonyl (C=O) groups excluding carboxylic acids is 1. The first kappa shape index (κ1) is 12.7.